The molecule has 0 aromatic heterocycles. The first-order valence-corrected chi connectivity index (χ1v) is 8.44. The lowest BCUT2D eigenvalue weighted by Gasteiger charge is -2.14. The van der Waals surface area contributed by atoms with E-state index >= 15 is 0 Å². The molecule has 1 fully saturated rings. The Kier molecular flexibility index (Phi) is 5.66. The zero-order valence-electron chi connectivity index (χ0n) is 13.1. The Hall–Kier alpha value is -0.590. The van der Waals surface area contributed by atoms with Gasteiger partial charge in [0.05, 0.1) is 0 Å². The fourth-order valence-corrected chi connectivity index (χ4v) is 3.39. The van der Waals surface area contributed by atoms with E-state index in [9.17, 15) is 0 Å². The molecular formula is C18H31N. The number of nitrogens with zero attached hydrogens (tertiary/aromatic N) is 1. The molecule has 108 valence electrons. The Balaban J connectivity index is 2.11. The van der Waals surface area contributed by atoms with Gasteiger partial charge in [0.25, 0.3) is 0 Å². The van der Waals surface area contributed by atoms with Crippen LogP contribution in [0.3, 0.4) is 0 Å². The molecule has 3 atom stereocenters. The van der Waals surface area contributed by atoms with E-state index in [1.54, 1.807) is 11.1 Å². The predicted octanol–water partition coefficient (Wildman–Crippen LogP) is 5.41. The fourth-order valence-electron chi connectivity index (χ4n) is 3.39. The van der Waals surface area contributed by atoms with Gasteiger partial charge in [0.15, 0.2) is 0 Å². The van der Waals surface area contributed by atoms with Gasteiger partial charge in [0.2, 0.25) is 0 Å². The third-order valence-electron chi connectivity index (χ3n) is 4.91. The van der Waals surface area contributed by atoms with Crippen molar-refractivity contribution in [3.8, 4) is 0 Å². The topological polar surface area (TPSA) is 12.4 Å². The molecule has 0 radical (unpaired) electrons. The summed E-state index contributed by atoms with van der Waals surface area (Å²) in [6.45, 7) is 8.07. The number of aliphatic imine (C=N–C) groups is 1. The zero-order valence-corrected chi connectivity index (χ0v) is 13.1. The van der Waals surface area contributed by atoms with Crippen LogP contribution in [-0.2, 0) is 0 Å². The molecule has 0 bridgehead atoms. The van der Waals surface area contributed by atoms with E-state index in [0.29, 0.717) is 0 Å². The summed E-state index contributed by atoms with van der Waals surface area (Å²) in [4.78, 5) is 4.74. The van der Waals surface area contributed by atoms with Gasteiger partial charge in [-0.2, -0.15) is 0 Å². The highest BCUT2D eigenvalue weighted by atomic mass is 14.7. The third kappa shape index (κ3) is 4.47. The molecule has 0 saturated heterocycles. The quantitative estimate of drug-likeness (QED) is 0.630. The SMILES string of the molecule is CCC1=C(/C2CC2C)CCCCCCC(C)C/N=C\1. The summed E-state index contributed by atoms with van der Waals surface area (Å²) in [5.41, 5.74) is 3.31. The van der Waals surface area contributed by atoms with Crippen LogP contribution in [0.25, 0.3) is 0 Å². The maximum Gasteiger partial charge on any atom is 0.0415 e. The second kappa shape index (κ2) is 7.26. The van der Waals surface area contributed by atoms with Gasteiger partial charge in [0, 0.05) is 12.8 Å². The summed E-state index contributed by atoms with van der Waals surface area (Å²) in [7, 11) is 0. The van der Waals surface area contributed by atoms with Gasteiger partial charge in [-0.15, -0.1) is 0 Å². The lowest BCUT2D eigenvalue weighted by molar-refractivity contribution is 0.493. The highest BCUT2D eigenvalue weighted by molar-refractivity contribution is 5.80. The molecule has 2 rings (SSSR count). The fraction of sp³-hybridized carbons (Fsp3) is 0.833. The molecule has 3 unspecified atom stereocenters. The van der Waals surface area contributed by atoms with E-state index in [1.807, 2.05) is 0 Å². The van der Waals surface area contributed by atoms with E-state index in [0.717, 1.165) is 30.7 Å². The molecule has 1 heterocycles. The van der Waals surface area contributed by atoms with Crippen molar-refractivity contribution in [2.75, 3.05) is 6.54 Å². The molecule has 1 saturated carbocycles. The van der Waals surface area contributed by atoms with Crippen LogP contribution in [0.1, 0.15) is 72.1 Å². The van der Waals surface area contributed by atoms with Gasteiger partial charge in [-0.1, -0.05) is 45.6 Å². The van der Waals surface area contributed by atoms with E-state index < -0.39 is 0 Å². The van der Waals surface area contributed by atoms with E-state index in [4.69, 9.17) is 4.99 Å². The molecule has 1 heteroatoms. The molecule has 0 aromatic rings. The molecule has 1 nitrogen and oxygen atoms in total. The first-order valence-electron chi connectivity index (χ1n) is 8.44. The van der Waals surface area contributed by atoms with Crippen molar-refractivity contribution >= 4 is 6.21 Å². The lowest BCUT2D eigenvalue weighted by atomic mass is 9.94. The average molecular weight is 261 g/mol. The first kappa shape index (κ1) is 14.8. The summed E-state index contributed by atoms with van der Waals surface area (Å²) >= 11 is 0. The van der Waals surface area contributed by atoms with E-state index in [-0.39, 0.29) is 0 Å². The summed E-state index contributed by atoms with van der Waals surface area (Å²) < 4.78 is 0. The molecule has 1 aliphatic carbocycles. The van der Waals surface area contributed by atoms with Crippen LogP contribution in [0, 0.1) is 17.8 Å². The second-order valence-electron chi connectivity index (χ2n) is 6.78. The minimum Gasteiger partial charge on any atom is -0.293 e. The van der Waals surface area contributed by atoms with Crippen LogP contribution >= 0.6 is 0 Å². The zero-order chi connectivity index (χ0) is 13.7. The van der Waals surface area contributed by atoms with Crippen LogP contribution in [0.15, 0.2) is 16.1 Å². The van der Waals surface area contributed by atoms with E-state index in [1.165, 1.54) is 44.9 Å². The van der Waals surface area contributed by atoms with Gasteiger partial charge >= 0.3 is 0 Å². The average Bonchev–Trinajstić information content (AvgIpc) is 3.10. The van der Waals surface area contributed by atoms with Crippen LogP contribution in [0.5, 0.6) is 0 Å². The molecule has 1 aliphatic heterocycles. The summed E-state index contributed by atoms with van der Waals surface area (Å²) in [6.07, 6.45) is 13.1. The summed E-state index contributed by atoms with van der Waals surface area (Å²) in [5.74, 6) is 2.58. The van der Waals surface area contributed by atoms with Crippen molar-refractivity contribution in [3.63, 3.8) is 0 Å². The van der Waals surface area contributed by atoms with Gasteiger partial charge in [0.1, 0.15) is 0 Å². The van der Waals surface area contributed by atoms with E-state index in [2.05, 4.69) is 27.0 Å². The van der Waals surface area contributed by atoms with Crippen molar-refractivity contribution in [3.05, 3.63) is 11.1 Å². The monoisotopic (exact) mass is 261 g/mol. The van der Waals surface area contributed by atoms with Gasteiger partial charge < -0.3 is 0 Å². The van der Waals surface area contributed by atoms with Crippen LogP contribution < -0.4 is 0 Å². The van der Waals surface area contributed by atoms with Crippen LogP contribution in [0.4, 0.5) is 0 Å². The van der Waals surface area contributed by atoms with Gasteiger partial charge in [-0.25, -0.2) is 0 Å². The first-order chi connectivity index (χ1) is 9.22. The van der Waals surface area contributed by atoms with Crippen molar-refractivity contribution in [2.45, 2.75) is 72.1 Å². The van der Waals surface area contributed by atoms with Gasteiger partial charge in [-0.3, -0.25) is 4.99 Å². The molecule has 19 heavy (non-hydrogen) atoms. The summed E-state index contributed by atoms with van der Waals surface area (Å²) in [6, 6.07) is 0. The number of rotatable bonds is 2. The number of hydrogen-bond acceptors (Lipinski definition) is 1. The van der Waals surface area contributed by atoms with Crippen LogP contribution in [-0.4, -0.2) is 12.8 Å². The summed E-state index contributed by atoms with van der Waals surface area (Å²) in [5, 5.41) is 0. The maximum absolute atomic E-state index is 4.74. The van der Waals surface area contributed by atoms with Crippen molar-refractivity contribution < 1.29 is 0 Å². The molecule has 0 spiro atoms. The number of allylic oxidation sites excluding steroid dienone is 2. The highest BCUT2D eigenvalue weighted by Gasteiger charge is 2.36. The van der Waals surface area contributed by atoms with Crippen LogP contribution in [0.2, 0.25) is 0 Å². The number of hydrogen-bond donors (Lipinski definition) is 0. The van der Waals surface area contributed by atoms with Crippen molar-refractivity contribution in [1.29, 1.82) is 0 Å². The Labute approximate surface area is 119 Å². The van der Waals surface area contributed by atoms with Gasteiger partial charge in [-0.05, 0) is 55.4 Å². The largest absolute Gasteiger partial charge is 0.293 e. The normalized spacial score (nSPS) is 39.2. The Morgan fingerprint density at radius 2 is 1.89 bits per heavy atom. The Morgan fingerprint density at radius 3 is 2.58 bits per heavy atom. The molecule has 0 amide bonds. The van der Waals surface area contributed by atoms with Crippen molar-refractivity contribution in [2.24, 2.45) is 22.7 Å². The predicted molar refractivity (Wildman–Crippen MR) is 84.8 cm³/mol. The molecule has 0 N–H and O–H groups in total. The second-order valence-corrected chi connectivity index (χ2v) is 6.78. The maximum atomic E-state index is 4.74. The third-order valence-corrected chi connectivity index (χ3v) is 4.91. The van der Waals surface area contributed by atoms with Crippen molar-refractivity contribution in [1.82, 2.24) is 0 Å². The standard InChI is InChI=1S/C18H31N/c1-4-16-13-19-12-14(2)9-7-5-6-8-10-17(16)18-11-15(18)3/h13-15,18H,4-12H2,1-3H3/b17-16-,19-13-. The smallest absolute Gasteiger partial charge is 0.0415 e. The minimum atomic E-state index is 0.761. The Morgan fingerprint density at radius 1 is 1.16 bits per heavy atom. The lowest BCUT2D eigenvalue weighted by Crippen LogP contribution is -2.03. The molecule has 0 aromatic carbocycles. The molecule has 2 aliphatic rings. The highest BCUT2D eigenvalue weighted by Crippen LogP contribution is 2.46. The molecular weight excluding hydrogens is 230 g/mol. The Bertz CT molecular complexity index is 340. The minimum absolute atomic E-state index is 0.761.